The van der Waals surface area contributed by atoms with Crippen LogP contribution in [0.2, 0.25) is 5.02 Å². The number of nitrogens with one attached hydrogen (secondary N) is 1. The number of benzene rings is 1. The highest BCUT2D eigenvalue weighted by Crippen LogP contribution is 2.23. The second kappa shape index (κ2) is 11.3. The van der Waals surface area contributed by atoms with Crippen molar-refractivity contribution in [1.82, 2.24) is 20.2 Å². The second-order valence-corrected chi connectivity index (χ2v) is 6.55. The molecule has 1 saturated heterocycles. The normalized spacial score (nSPS) is 14.5. The highest BCUT2D eigenvalue weighted by Gasteiger charge is 2.21. The van der Waals surface area contributed by atoms with Crippen molar-refractivity contribution in [2.75, 3.05) is 44.7 Å². The lowest BCUT2D eigenvalue weighted by Crippen LogP contribution is -2.52. The van der Waals surface area contributed by atoms with Crippen LogP contribution >= 0.6 is 35.6 Å². The van der Waals surface area contributed by atoms with Crippen LogP contribution in [-0.4, -0.2) is 60.7 Å². The molecule has 28 heavy (non-hydrogen) atoms. The van der Waals surface area contributed by atoms with E-state index in [-0.39, 0.29) is 24.0 Å². The monoisotopic (exact) mass is 516 g/mol. The lowest BCUT2D eigenvalue weighted by Gasteiger charge is -2.36. The van der Waals surface area contributed by atoms with Gasteiger partial charge in [-0.05, 0) is 25.1 Å². The minimum atomic E-state index is 0. The van der Waals surface area contributed by atoms with E-state index in [4.69, 9.17) is 16.3 Å². The fourth-order valence-corrected chi connectivity index (χ4v) is 3.21. The molecule has 0 amide bonds. The van der Waals surface area contributed by atoms with Gasteiger partial charge in [-0.15, -0.1) is 24.0 Å². The molecular weight excluding hydrogens is 491 g/mol. The van der Waals surface area contributed by atoms with Gasteiger partial charge in [-0.2, -0.15) is 0 Å². The van der Waals surface area contributed by atoms with Crippen LogP contribution in [0.3, 0.4) is 0 Å². The highest BCUT2D eigenvalue weighted by molar-refractivity contribution is 14.0. The Balaban J connectivity index is 0.00000280. The first kappa shape index (κ1) is 22.5. The van der Waals surface area contributed by atoms with Crippen molar-refractivity contribution in [2.24, 2.45) is 4.99 Å². The second-order valence-electron chi connectivity index (χ2n) is 6.11. The lowest BCUT2D eigenvalue weighted by molar-refractivity contribution is 0.335. The van der Waals surface area contributed by atoms with Crippen molar-refractivity contribution in [3.05, 3.63) is 47.2 Å². The van der Waals surface area contributed by atoms with E-state index < -0.39 is 0 Å². The maximum atomic E-state index is 6.08. The predicted octanol–water partition coefficient (Wildman–Crippen LogP) is 3.04. The van der Waals surface area contributed by atoms with E-state index in [1.54, 1.807) is 19.4 Å². The number of guanidine groups is 1. The maximum absolute atomic E-state index is 6.08. The summed E-state index contributed by atoms with van der Waals surface area (Å²) in [6, 6.07) is 7.54. The molecule has 1 fully saturated rings. The fraction of sp³-hybridized carbons (Fsp3) is 0.421. The number of aliphatic imine (C=N–C) groups is 1. The first-order valence-electron chi connectivity index (χ1n) is 9.10. The summed E-state index contributed by atoms with van der Waals surface area (Å²) < 4.78 is 5.69. The fourth-order valence-electron chi connectivity index (χ4n) is 3.04. The molecule has 0 aliphatic carbocycles. The van der Waals surface area contributed by atoms with Gasteiger partial charge < -0.3 is 19.9 Å². The van der Waals surface area contributed by atoms with Gasteiger partial charge in [0.25, 0.3) is 0 Å². The van der Waals surface area contributed by atoms with Gasteiger partial charge in [0.2, 0.25) is 5.95 Å². The Labute approximate surface area is 188 Å². The van der Waals surface area contributed by atoms with Crippen LogP contribution < -0.4 is 15.0 Å². The predicted molar refractivity (Wildman–Crippen MR) is 124 cm³/mol. The molecule has 0 atom stereocenters. The number of anilines is 1. The third-order valence-electron chi connectivity index (χ3n) is 4.39. The Hall–Kier alpha value is -1.81. The molecule has 3 rings (SSSR count). The lowest BCUT2D eigenvalue weighted by atomic mass is 10.2. The summed E-state index contributed by atoms with van der Waals surface area (Å²) in [5, 5.41) is 4.10. The van der Waals surface area contributed by atoms with Crippen LogP contribution in [0.25, 0.3) is 0 Å². The van der Waals surface area contributed by atoms with Gasteiger partial charge in [0, 0.05) is 62.8 Å². The van der Waals surface area contributed by atoms with Gasteiger partial charge in [0.15, 0.2) is 5.96 Å². The molecule has 0 bridgehead atoms. The largest absolute Gasteiger partial charge is 0.493 e. The first-order chi connectivity index (χ1) is 13.2. The molecular formula is C19H26ClIN6O. The Morgan fingerprint density at radius 1 is 1.21 bits per heavy atom. The number of nitrogens with zero attached hydrogens (tertiary/aromatic N) is 5. The molecule has 1 aromatic carbocycles. The van der Waals surface area contributed by atoms with Crippen LogP contribution in [0, 0.1) is 0 Å². The number of ether oxygens (including phenoxy) is 1. The van der Waals surface area contributed by atoms with Crippen molar-refractivity contribution in [1.29, 1.82) is 0 Å². The summed E-state index contributed by atoms with van der Waals surface area (Å²) >= 11 is 6.08. The zero-order valence-electron chi connectivity index (χ0n) is 16.1. The molecule has 0 saturated carbocycles. The number of rotatable bonds is 5. The van der Waals surface area contributed by atoms with E-state index in [0.717, 1.165) is 49.4 Å². The van der Waals surface area contributed by atoms with Gasteiger partial charge in [0.1, 0.15) is 5.75 Å². The average Bonchev–Trinajstić information content (AvgIpc) is 2.71. The number of hydrogen-bond acceptors (Lipinski definition) is 5. The smallest absolute Gasteiger partial charge is 0.225 e. The van der Waals surface area contributed by atoms with E-state index >= 15 is 0 Å². The van der Waals surface area contributed by atoms with Crippen LogP contribution in [0.1, 0.15) is 12.5 Å². The molecule has 9 heteroatoms. The molecule has 1 aliphatic rings. The van der Waals surface area contributed by atoms with Crippen LogP contribution in [-0.2, 0) is 6.54 Å². The van der Waals surface area contributed by atoms with Crippen molar-refractivity contribution in [3.8, 4) is 5.75 Å². The molecule has 1 aliphatic heterocycles. The summed E-state index contributed by atoms with van der Waals surface area (Å²) in [7, 11) is 1.81. The van der Waals surface area contributed by atoms with Gasteiger partial charge in [-0.25, -0.2) is 9.97 Å². The van der Waals surface area contributed by atoms with Crippen molar-refractivity contribution >= 4 is 47.5 Å². The van der Waals surface area contributed by atoms with Crippen molar-refractivity contribution < 1.29 is 4.74 Å². The first-order valence-corrected chi connectivity index (χ1v) is 9.48. The average molecular weight is 517 g/mol. The Kier molecular flexibility index (Phi) is 9.04. The Morgan fingerprint density at radius 2 is 1.93 bits per heavy atom. The molecule has 1 aromatic heterocycles. The summed E-state index contributed by atoms with van der Waals surface area (Å²) in [6.45, 7) is 6.62. The minimum absolute atomic E-state index is 0. The molecule has 0 radical (unpaired) electrons. The topological polar surface area (TPSA) is 65.9 Å². The third-order valence-corrected chi connectivity index (χ3v) is 4.63. The standard InChI is InChI=1S/C19H25ClN6O.HI/c1-3-27-17-13-16(20)6-5-15(17)14-24-18(21-2)25-9-11-26(12-10-25)19-22-7-4-8-23-19;/h4-8,13H,3,9-12,14H2,1-2H3,(H,21,24);1H. The number of halogens is 2. The van der Waals surface area contributed by atoms with Gasteiger partial charge >= 0.3 is 0 Å². The van der Waals surface area contributed by atoms with Crippen LogP contribution in [0.15, 0.2) is 41.7 Å². The zero-order chi connectivity index (χ0) is 19.1. The summed E-state index contributed by atoms with van der Waals surface area (Å²) in [5.74, 6) is 2.46. The van der Waals surface area contributed by atoms with Crippen molar-refractivity contribution in [3.63, 3.8) is 0 Å². The number of aromatic nitrogens is 2. The van der Waals surface area contributed by atoms with E-state index in [1.807, 2.05) is 31.2 Å². The molecule has 0 unspecified atom stereocenters. The van der Waals surface area contributed by atoms with E-state index in [2.05, 4.69) is 30.1 Å². The van der Waals surface area contributed by atoms with E-state index in [1.165, 1.54) is 0 Å². The van der Waals surface area contributed by atoms with Crippen LogP contribution in [0.5, 0.6) is 5.75 Å². The summed E-state index contributed by atoms with van der Waals surface area (Å²) in [5.41, 5.74) is 1.05. The molecule has 7 nitrogen and oxygen atoms in total. The molecule has 0 spiro atoms. The minimum Gasteiger partial charge on any atom is -0.493 e. The summed E-state index contributed by atoms with van der Waals surface area (Å²) in [4.78, 5) is 17.5. The number of hydrogen-bond donors (Lipinski definition) is 1. The molecule has 152 valence electrons. The molecule has 1 N–H and O–H groups in total. The Morgan fingerprint density at radius 3 is 2.57 bits per heavy atom. The SMILES string of the molecule is CCOc1cc(Cl)ccc1CNC(=NC)N1CCN(c2ncccn2)CC1.I. The van der Waals surface area contributed by atoms with Crippen LogP contribution in [0.4, 0.5) is 5.95 Å². The zero-order valence-corrected chi connectivity index (χ0v) is 19.2. The third kappa shape index (κ3) is 5.84. The quantitative estimate of drug-likeness (QED) is 0.374. The van der Waals surface area contributed by atoms with Gasteiger partial charge in [0.05, 0.1) is 6.61 Å². The molecule has 2 heterocycles. The van der Waals surface area contributed by atoms with Gasteiger partial charge in [-0.3, -0.25) is 4.99 Å². The maximum Gasteiger partial charge on any atom is 0.225 e. The Bertz CT molecular complexity index is 768. The van der Waals surface area contributed by atoms with Gasteiger partial charge in [-0.1, -0.05) is 17.7 Å². The van der Waals surface area contributed by atoms with E-state index in [9.17, 15) is 0 Å². The number of piperazine rings is 1. The highest BCUT2D eigenvalue weighted by atomic mass is 127. The molecule has 2 aromatic rings. The van der Waals surface area contributed by atoms with E-state index in [0.29, 0.717) is 18.2 Å². The van der Waals surface area contributed by atoms with Crippen molar-refractivity contribution in [2.45, 2.75) is 13.5 Å². The summed E-state index contributed by atoms with van der Waals surface area (Å²) in [6.07, 6.45) is 3.55.